The van der Waals surface area contributed by atoms with Crippen molar-refractivity contribution in [1.29, 1.82) is 0 Å². The van der Waals surface area contributed by atoms with Gasteiger partial charge in [0.05, 0.1) is 5.69 Å². The molecule has 116 valence electrons. The molecule has 0 radical (unpaired) electrons. The van der Waals surface area contributed by atoms with Gasteiger partial charge in [0.1, 0.15) is 6.04 Å². The summed E-state index contributed by atoms with van der Waals surface area (Å²) in [5.74, 6) is -0.901. The van der Waals surface area contributed by atoms with E-state index in [1.54, 1.807) is 31.2 Å². The number of carbonyl (C=O) groups is 1. The lowest BCUT2D eigenvalue weighted by Crippen LogP contribution is -2.33. The number of hydrogen-bond donors (Lipinski definition) is 5. The topological polar surface area (TPSA) is 99.4 Å². The fraction of sp³-hybridized carbons (Fsp3) is 0.200. The Hall–Kier alpha value is -1.15. The molecule has 6 nitrogen and oxygen atoms in total. The lowest BCUT2D eigenvalue weighted by molar-refractivity contribution is -0.137. The Kier molecular flexibility index (Phi) is 13.9. The molecule has 1 atom stereocenters. The van der Waals surface area contributed by atoms with Crippen LogP contribution in [-0.4, -0.2) is 22.2 Å². The van der Waals surface area contributed by atoms with Crippen LogP contribution in [0, 0.1) is 0 Å². The molecule has 0 unspecified atom stereocenters. The first kappa shape index (κ1) is 23.9. The van der Waals surface area contributed by atoms with E-state index in [1.807, 2.05) is 0 Å². The van der Waals surface area contributed by atoms with Gasteiger partial charge in [-0.05, 0) is 43.4 Å². The maximum Gasteiger partial charge on any atom is 0.325 e. The van der Waals surface area contributed by atoms with Gasteiger partial charge in [-0.3, -0.25) is 15.6 Å². The molecule has 0 spiro atoms. The van der Waals surface area contributed by atoms with E-state index in [0.29, 0.717) is 0 Å². The number of carboxylic acid groups (broad SMARTS) is 1. The monoisotopic (exact) mass is 362 g/mol. The van der Waals surface area contributed by atoms with Crippen molar-refractivity contribution in [2.45, 2.75) is 13.0 Å². The molecule has 0 bridgehead atoms. The highest BCUT2D eigenvalue weighted by Gasteiger charge is 2.09. The number of anilines is 2. The molecule has 0 aliphatic heterocycles. The van der Waals surface area contributed by atoms with Gasteiger partial charge in [0.25, 0.3) is 0 Å². The predicted octanol–water partition coefficient (Wildman–Crippen LogP) is 2.00. The maximum absolute atomic E-state index is 10.6. The van der Waals surface area contributed by atoms with Crippen LogP contribution in [0.3, 0.4) is 0 Å². The highest BCUT2D eigenvalue weighted by atomic mass is 35.5. The van der Waals surface area contributed by atoms with Gasteiger partial charge in [-0.2, -0.15) is 0 Å². The van der Waals surface area contributed by atoms with Crippen LogP contribution in [0.1, 0.15) is 6.92 Å². The number of halogens is 3. The normalized spacial score (nSPS) is 9.65. The molecule has 0 aliphatic rings. The Balaban J connectivity index is -0.000000963. The van der Waals surface area contributed by atoms with E-state index in [4.69, 9.17) is 10.8 Å². The Bertz CT molecular complexity index is 419. The van der Waals surface area contributed by atoms with Crippen molar-refractivity contribution in [1.82, 2.24) is 5.43 Å². The van der Waals surface area contributed by atoms with Crippen molar-refractivity contribution in [2.24, 2.45) is 5.73 Å². The van der Waals surface area contributed by atoms with Crippen LogP contribution in [0.4, 0.5) is 11.4 Å². The van der Waals surface area contributed by atoms with Crippen LogP contribution in [0.15, 0.2) is 24.3 Å². The summed E-state index contributed by atoms with van der Waals surface area (Å²) in [6.45, 7) is 1.57. The number of carboxylic acids is 1. The zero-order valence-electron chi connectivity index (χ0n) is 10.5. The molecule has 0 heterocycles. The maximum atomic E-state index is 10.6. The number of nitrogens with one attached hydrogen (secondary N) is 3. The van der Waals surface area contributed by atoms with E-state index in [9.17, 15) is 4.79 Å². The Morgan fingerprint density at radius 2 is 1.65 bits per heavy atom. The number of hydrogen-bond acceptors (Lipinski definition) is 4. The highest BCUT2D eigenvalue weighted by molar-refractivity contribution is 7.80. The standard InChI is InChI=1S/C10H14N4O2S.3ClH/c1-6(9(15)16)12-7-2-4-8(5-3-7)13-14-10(11)17;;;/h2-6,12-13H,1H3,(H,15,16)(H3,11,14,17);3*1H/t6-;;;/m0.../s1. The molecule has 1 rings (SSSR count). The van der Waals surface area contributed by atoms with Gasteiger partial charge >= 0.3 is 5.97 Å². The molecule has 0 aromatic heterocycles. The summed E-state index contributed by atoms with van der Waals surface area (Å²) in [6.07, 6.45) is 0. The largest absolute Gasteiger partial charge is 0.480 e. The zero-order valence-corrected chi connectivity index (χ0v) is 13.7. The second-order valence-corrected chi connectivity index (χ2v) is 3.84. The van der Waals surface area contributed by atoms with E-state index in [-0.39, 0.29) is 42.3 Å². The second-order valence-electron chi connectivity index (χ2n) is 3.40. The quantitative estimate of drug-likeness (QED) is 0.403. The highest BCUT2D eigenvalue weighted by Crippen LogP contribution is 2.13. The van der Waals surface area contributed by atoms with Gasteiger partial charge in [0.15, 0.2) is 5.11 Å². The van der Waals surface area contributed by atoms with Gasteiger partial charge in [-0.15, -0.1) is 37.2 Å². The van der Waals surface area contributed by atoms with Gasteiger partial charge < -0.3 is 16.2 Å². The van der Waals surface area contributed by atoms with E-state index >= 15 is 0 Å². The molecular formula is C10H17Cl3N4O2S. The van der Waals surface area contributed by atoms with Gasteiger partial charge in [-0.1, -0.05) is 0 Å². The third-order valence-electron chi connectivity index (χ3n) is 1.97. The van der Waals surface area contributed by atoms with Crippen LogP contribution < -0.4 is 21.9 Å². The van der Waals surface area contributed by atoms with Gasteiger partial charge in [0.2, 0.25) is 0 Å². The summed E-state index contributed by atoms with van der Waals surface area (Å²) >= 11 is 4.63. The first-order valence-corrected chi connectivity index (χ1v) is 5.30. The molecule has 0 aliphatic carbocycles. The minimum Gasteiger partial charge on any atom is -0.480 e. The van der Waals surface area contributed by atoms with Crippen molar-refractivity contribution in [3.05, 3.63) is 24.3 Å². The van der Waals surface area contributed by atoms with Crippen LogP contribution in [0.25, 0.3) is 0 Å². The van der Waals surface area contributed by atoms with Crippen molar-refractivity contribution in [2.75, 3.05) is 10.7 Å². The number of benzene rings is 1. The fourth-order valence-corrected chi connectivity index (χ4v) is 1.15. The van der Waals surface area contributed by atoms with E-state index in [1.165, 1.54) is 0 Å². The lowest BCUT2D eigenvalue weighted by Gasteiger charge is -2.12. The molecule has 1 aromatic carbocycles. The Labute approximate surface area is 141 Å². The third kappa shape index (κ3) is 8.87. The SMILES string of the molecule is C[C@H](Nc1ccc(NNC(N)=S)cc1)C(=O)O.Cl.Cl.Cl. The van der Waals surface area contributed by atoms with Crippen LogP contribution in [0.5, 0.6) is 0 Å². The number of aliphatic carboxylic acids is 1. The first-order valence-electron chi connectivity index (χ1n) is 4.90. The molecule has 1 aromatic rings. The summed E-state index contributed by atoms with van der Waals surface area (Å²) in [6, 6.07) is 6.40. The zero-order chi connectivity index (χ0) is 12.8. The van der Waals surface area contributed by atoms with Gasteiger partial charge in [0, 0.05) is 5.69 Å². The molecular weight excluding hydrogens is 347 g/mol. The molecule has 0 saturated heterocycles. The average Bonchev–Trinajstić information content (AvgIpc) is 2.28. The van der Waals surface area contributed by atoms with Crippen LogP contribution in [-0.2, 0) is 4.79 Å². The minimum atomic E-state index is -0.901. The lowest BCUT2D eigenvalue weighted by atomic mass is 10.2. The van der Waals surface area contributed by atoms with Crippen molar-refractivity contribution in [3.8, 4) is 0 Å². The smallest absolute Gasteiger partial charge is 0.325 e. The number of hydrazine groups is 1. The Morgan fingerprint density at radius 1 is 1.20 bits per heavy atom. The van der Waals surface area contributed by atoms with Gasteiger partial charge in [-0.25, -0.2) is 0 Å². The average molecular weight is 364 g/mol. The summed E-state index contributed by atoms with van der Waals surface area (Å²) in [4.78, 5) is 10.6. The second kappa shape index (κ2) is 11.7. The summed E-state index contributed by atoms with van der Waals surface area (Å²) in [5, 5.41) is 11.7. The number of thiocarbonyl (C=S) groups is 1. The van der Waals surface area contributed by atoms with E-state index in [0.717, 1.165) is 11.4 Å². The summed E-state index contributed by atoms with van der Waals surface area (Å²) < 4.78 is 0. The van der Waals surface area contributed by atoms with E-state index in [2.05, 4.69) is 28.4 Å². The van der Waals surface area contributed by atoms with Crippen molar-refractivity contribution >= 4 is 71.9 Å². The summed E-state index contributed by atoms with van der Waals surface area (Å²) in [5.41, 5.74) is 12.1. The summed E-state index contributed by atoms with van der Waals surface area (Å²) in [7, 11) is 0. The number of nitrogens with two attached hydrogens (primary N) is 1. The molecule has 10 heteroatoms. The first-order chi connectivity index (χ1) is 7.99. The minimum absolute atomic E-state index is 0. The number of rotatable bonds is 5. The fourth-order valence-electron chi connectivity index (χ4n) is 1.10. The predicted molar refractivity (Wildman–Crippen MR) is 92.5 cm³/mol. The molecule has 0 fully saturated rings. The van der Waals surface area contributed by atoms with Crippen molar-refractivity contribution < 1.29 is 9.90 Å². The molecule has 0 saturated carbocycles. The van der Waals surface area contributed by atoms with Crippen molar-refractivity contribution in [3.63, 3.8) is 0 Å². The molecule has 20 heavy (non-hydrogen) atoms. The third-order valence-corrected chi connectivity index (χ3v) is 2.07. The molecule has 0 amide bonds. The Morgan fingerprint density at radius 3 is 2.05 bits per heavy atom. The van der Waals surface area contributed by atoms with Crippen LogP contribution >= 0.6 is 49.4 Å². The van der Waals surface area contributed by atoms with E-state index < -0.39 is 12.0 Å². The molecule has 6 N–H and O–H groups in total. The van der Waals surface area contributed by atoms with Crippen LogP contribution in [0.2, 0.25) is 0 Å².